The number of anilines is 1. The quantitative estimate of drug-likeness (QED) is 0.488. The predicted molar refractivity (Wildman–Crippen MR) is 77.0 cm³/mol. The van der Waals surface area contributed by atoms with Crippen LogP contribution in [0.3, 0.4) is 0 Å². The molecule has 0 aliphatic heterocycles. The van der Waals surface area contributed by atoms with Gasteiger partial charge in [-0.05, 0) is 26.0 Å². The number of rotatable bonds is 10. The fourth-order valence-corrected chi connectivity index (χ4v) is 1.93. The average Bonchev–Trinajstić information content (AvgIpc) is 2.46. The summed E-state index contributed by atoms with van der Waals surface area (Å²) in [6.45, 7) is 7.03. The van der Waals surface area contributed by atoms with E-state index in [1.54, 1.807) is 11.0 Å². The molecule has 0 atom stereocenters. The van der Waals surface area contributed by atoms with Gasteiger partial charge < -0.3 is 14.4 Å². The van der Waals surface area contributed by atoms with Gasteiger partial charge in [0, 0.05) is 31.9 Å². The zero-order valence-electron chi connectivity index (χ0n) is 12.1. The summed E-state index contributed by atoms with van der Waals surface area (Å²) in [6.07, 6.45) is 0.673. The molecule has 0 saturated carbocycles. The van der Waals surface area contributed by atoms with Gasteiger partial charge in [0.25, 0.3) is 0 Å². The molecule has 0 aliphatic carbocycles. The van der Waals surface area contributed by atoms with Crippen LogP contribution in [0, 0.1) is 5.82 Å². The first-order valence-electron chi connectivity index (χ1n) is 6.88. The maximum absolute atomic E-state index is 14.0. The fourth-order valence-electron chi connectivity index (χ4n) is 1.93. The Hall–Kier alpha value is -1.46. The minimum absolute atomic E-state index is 0.321. The molecule has 112 valence electrons. The molecule has 0 spiro atoms. The maximum Gasteiger partial charge on any atom is 0.152 e. The van der Waals surface area contributed by atoms with Gasteiger partial charge in [-0.2, -0.15) is 0 Å². The van der Waals surface area contributed by atoms with Gasteiger partial charge in [0.2, 0.25) is 0 Å². The van der Waals surface area contributed by atoms with Crippen LogP contribution in [0.1, 0.15) is 24.2 Å². The van der Waals surface area contributed by atoms with Gasteiger partial charge >= 0.3 is 0 Å². The fraction of sp³-hybridized carbons (Fsp3) is 0.533. The van der Waals surface area contributed by atoms with E-state index in [0.29, 0.717) is 57.1 Å². The minimum atomic E-state index is -0.400. The molecule has 0 aliphatic rings. The molecule has 0 saturated heterocycles. The molecule has 0 bridgehead atoms. The first-order valence-corrected chi connectivity index (χ1v) is 6.88. The van der Waals surface area contributed by atoms with Gasteiger partial charge in [0.1, 0.15) is 5.82 Å². The van der Waals surface area contributed by atoms with E-state index >= 15 is 0 Å². The Balaban J connectivity index is 2.87. The number of aldehydes is 1. The number of nitrogens with zero attached hydrogens (tertiary/aromatic N) is 1. The molecule has 4 nitrogen and oxygen atoms in total. The highest BCUT2D eigenvalue weighted by atomic mass is 19.1. The van der Waals surface area contributed by atoms with Crippen LogP contribution < -0.4 is 4.90 Å². The Morgan fingerprint density at radius 1 is 1.15 bits per heavy atom. The summed E-state index contributed by atoms with van der Waals surface area (Å²) in [5, 5.41) is 0. The molecule has 1 rings (SSSR count). The van der Waals surface area contributed by atoms with Crippen molar-refractivity contribution in [1.29, 1.82) is 0 Å². The summed E-state index contributed by atoms with van der Waals surface area (Å²) in [7, 11) is 0. The SMILES string of the molecule is CCOCCN(CCOCC)c1c(F)cccc1C=O. The van der Waals surface area contributed by atoms with E-state index < -0.39 is 5.82 Å². The molecular weight excluding hydrogens is 261 g/mol. The first kappa shape index (κ1) is 16.6. The Kier molecular flexibility index (Phi) is 7.84. The van der Waals surface area contributed by atoms with Gasteiger partial charge in [0.15, 0.2) is 6.29 Å². The van der Waals surface area contributed by atoms with Crippen LogP contribution in [0.15, 0.2) is 18.2 Å². The van der Waals surface area contributed by atoms with Crippen LogP contribution in [-0.4, -0.2) is 45.8 Å². The normalized spacial score (nSPS) is 10.6. The second kappa shape index (κ2) is 9.44. The summed E-state index contributed by atoms with van der Waals surface area (Å²) in [5.74, 6) is -0.400. The number of carbonyl (C=O) groups excluding carboxylic acids is 1. The predicted octanol–water partition coefficient (Wildman–Crippen LogP) is 2.52. The van der Waals surface area contributed by atoms with Crippen LogP contribution >= 0.6 is 0 Å². The van der Waals surface area contributed by atoms with E-state index in [1.807, 2.05) is 13.8 Å². The molecule has 0 radical (unpaired) electrons. The summed E-state index contributed by atoms with van der Waals surface area (Å²) in [6, 6.07) is 4.50. The van der Waals surface area contributed by atoms with Crippen LogP contribution in [0.4, 0.5) is 10.1 Å². The van der Waals surface area contributed by atoms with E-state index in [-0.39, 0.29) is 0 Å². The Morgan fingerprint density at radius 2 is 1.75 bits per heavy atom. The molecule has 0 unspecified atom stereocenters. The lowest BCUT2D eigenvalue weighted by atomic mass is 10.1. The highest BCUT2D eigenvalue weighted by molar-refractivity contribution is 5.84. The van der Waals surface area contributed by atoms with Crippen LogP contribution in [-0.2, 0) is 9.47 Å². The van der Waals surface area contributed by atoms with Crippen LogP contribution in [0.2, 0.25) is 0 Å². The molecule has 1 aromatic carbocycles. The zero-order valence-corrected chi connectivity index (χ0v) is 12.1. The molecule has 5 heteroatoms. The summed E-state index contributed by atoms with van der Waals surface area (Å²) in [5.41, 5.74) is 0.667. The second-order valence-electron chi connectivity index (χ2n) is 4.18. The van der Waals surface area contributed by atoms with Crippen molar-refractivity contribution in [2.45, 2.75) is 13.8 Å². The Bertz CT molecular complexity index is 402. The molecule has 0 aromatic heterocycles. The van der Waals surface area contributed by atoms with Crippen molar-refractivity contribution in [3.63, 3.8) is 0 Å². The number of carbonyl (C=O) groups is 1. The smallest absolute Gasteiger partial charge is 0.152 e. The van der Waals surface area contributed by atoms with E-state index in [1.165, 1.54) is 12.1 Å². The van der Waals surface area contributed by atoms with Gasteiger partial charge in [0.05, 0.1) is 18.9 Å². The number of para-hydroxylation sites is 1. The van der Waals surface area contributed by atoms with Crippen molar-refractivity contribution in [2.75, 3.05) is 44.4 Å². The molecule has 0 heterocycles. The van der Waals surface area contributed by atoms with Gasteiger partial charge in [-0.15, -0.1) is 0 Å². The van der Waals surface area contributed by atoms with Crippen molar-refractivity contribution in [3.8, 4) is 0 Å². The monoisotopic (exact) mass is 283 g/mol. The topological polar surface area (TPSA) is 38.8 Å². The van der Waals surface area contributed by atoms with Crippen molar-refractivity contribution in [3.05, 3.63) is 29.6 Å². The van der Waals surface area contributed by atoms with Crippen molar-refractivity contribution >= 4 is 12.0 Å². The third-order valence-electron chi connectivity index (χ3n) is 2.88. The number of ether oxygens (including phenoxy) is 2. The molecule has 0 amide bonds. The number of hydrogen-bond donors (Lipinski definition) is 0. The minimum Gasteiger partial charge on any atom is -0.380 e. The average molecular weight is 283 g/mol. The van der Waals surface area contributed by atoms with Crippen molar-refractivity contribution < 1.29 is 18.7 Å². The maximum atomic E-state index is 14.0. The van der Waals surface area contributed by atoms with E-state index in [2.05, 4.69) is 0 Å². The molecule has 0 fully saturated rings. The zero-order chi connectivity index (χ0) is 14.8. The third-order valence-corrected chi connectivity index (χ3v) is 2.88. The molecule has 1 aromatic rings. The van der Waals surface area contributed by atoms with Crippen LogP contribution in [0.25, 0.3) is 0 Å². The second-order valence-corrected chi connectivity index (χ2v) is 4.18. The largest absolute Gasteiger partial charge is 0.380 e. The van der Waals surface area contributed by atoms with Crippen molar-refractivity contribution in [2.24, 2.45) is 0 Å². The Morgan fingerprint density at radius 3 is 2.25 bits per heavy atom. The first-order chi connectivity index (χ1) is 9.74. The van der Waals surface area contributed by atoms with Gasteiger partial charge in [-0.3, -0.25) is 4.79 Å². The van der Waals surface area contributed by atoms with Gasteiger partial charge in [-0.25, -0.2) is 4.39 Å². The lowest BCUT2D eigenvalue weighted by Crippen LogP contribution is -2.32. The highest BCUT2D eigenvalue weighted by Crippen LogP contribution is 2.23. The number of halogens is 1. The van der Waals surface area contributed by atoms with Gasteiger partial charge in [-0.1, -0.05) is 6.07 Å². The number of hydrogen-bond acceptors (Lipinski definition) is 4. The highest BCUT2D eigenvalue weighted by Gasteiger charge is 2.15. The lowest BCUT2D eigenvalue weighted by Gasteiger charge is -2.26. The third kappa shape index (κ3) is 4.90. The summed E-state index contributed by atoms with van der Waals surface area (Å²) in [4.78, 5) is 12.9. The molecule has 20 heavy (non-hydrogen) atoms. The molecular formula is C15H22FNO3. The Labute approximate surface area is 119 Å². The van der Waals surface area contributed by atoms with E-state index in [0.717, 1.165) is 0 Å². The summed E-state index contributed by atoms with van der Waals surface area (Å²) >= 11 is 0. The summed E-state index contributed by atoms with van der Waals surface area (Å²) < 4.78 is 24.6. The van der Waals surface area contributed by atoms with E-state index in [9.17, 15) is 9.18 Å². The molecule has 0 N–H and O–H groups in total. The standard InChI is InChI=1S/C15H22FNO3/c1-3-19-10-8-17(9-11-20-4-2)15-13(12-18)6-5-7-14(15)16/h5-7,12H,3-4,8-11H2,1-2H3. The van der Waals surface area contributed by atoms with E-state index in [4.69, 9.17) is 9.47 Å². The lowest BCUT2D eigenvalue weighted by molar-refractivity contribution is 0.112. The van der Waals surface area contributed by atoms with Crippen molar-refractivity contribution in [1.82, 2.24) is 0 Å². The number of benzene rings is 1. The van der Waals surface area contributed by atoms with Crippen LogP contribution in [0.5, 0.6) is 0 Å².